The maximum atomic E-state index is 13.7. The molecule has 0 bridgehead atoms. The molecule has 0 saturated carbocycles. The van der Waals surface area contributed by atoms with Gasteiger partial charge >= 0.3 is 7.12 Å². The highest BCUT2D eigenvalue weighted by molar-refractivity contribution is 6.62. The van der Waals surface area contributed by atoms with Crippen molar-refractivity contribution in [1.29, 1.82) is 0 Å². The third kappa shape index (κ3) is 2.94. The summed E-state index contributed by atoms with van der Waals surface area (Å²) in [6, 6.07) is 4.54. The van der Waals surface area contributed by atoms with Crippen molar-refractivity contribution in [3.8, 4) is 0 Å². The number of ketones is 1. The Morgan fingerprint density at radius 2 is 1.70 bits per heavy atom. The zero-order valence-electron chi connectivity index (χ0n) is 12.6. The van der Waals surface area contributed by atoms with Gasteiger partial charge in [-0.1, -0.05) is 6.07 Å². The van der Waals surface area contributed by atoms with Gasteiger partial charge in [-0.2, -0.15) is 0 Å². The second-order valence-corrected chi connectivity index (χ2v) is 6.36. The van der Waals surface area contributed by atoms with Crippen molar-refractivity contribution in [1.82, 2.24) is 0 Å². The van der Waals surface area contributed by atoms with E-state index in [0.29, 0.717) is 11.0 Å². The molecule has 0 atom stereocenters. The van der Waals surface area contributed by atoms with Crippen LogP contribution in [0.2, 0.25) is 0 Å². The van der Waals surface area contributed by atoms with Crippen LogP contribution in [-0.2, 0) is 20.5 Å². The SMILES string of the molecule is CC(=O)Cc1cc(F)cc(B2OC(C)(C)C(C)(C)O2)c1. The molecule has 1 aromatic carbocycles. The Bertz CT molecular complexity index is 524. The lowest BCUT2D eigenvalue weighted by Crippen LogP contribution is -2.41. The molecule has 1 aromatic rings. The molecule has 0 radical (unpaired) electrons. The van der Waals surface area contributed by atoms with Crippen LogP contribution in [0, 0.1) is 5.82 Å². The van der Waals surface area contributed by atoms with Crippen molar-refractivity contribution in [3.05, 3.63) is 29.6 Å². The fourth-order valence-electron chi connectivity index (χ4n) is 2.18. The summed E-state index contributed by atoms with van der Waals surface area (Å²) in [5.74, 6) is -0.385. The molecule has 1 fully saturated rings. The van der Waals surface area contributed by atoms with E-state index >= 15 is 0 Å². The normalized spacial score (nSPS) is 20.2. The Balaban J connectivity index is 2.30. The number of halogens is 1. The van der Waals surface area contributed by atoms with Crippen LogP contribution >= 0.6 is 0 Å². The zero-order valence-corrected chi connectivity index (χ0v) is 12.6. The van der Waals surface area contributed by atoms with Gasteiger partial charge in [0.05, 0.1) is 11.2 Å². The molecule has 1 aliphatic rings. The van der Waals surface area contributed by atoms with Gasteiger partial charge in [0.15, 0.2) is 0 Å². The molecule has 5 heteroatoms. The summed E-state index contributed by atoms with van der Waals surface area (Å²) in [6.45, 7) is 9.27. The molecule has 0 aromatic heterocycles. The Hall–Kier alpha value is -1.20. The van der Waals surface area contributed by atoms with E-state index in [4.69, 9.17) is 9.31 Å². The van der Waals surface area contributed by atoms with E-state index in [9.17, 15) is 9.18 Å². The van der Waals surface area contributed by atoms with Gasteiger partial charge in [-0.15, -0.1) is 0 Å². The first-order valence-electron chi connectivity index (χ1n) is 6.75. The minimum absolute atomic E-state index is 0.00420. The minimum Gasteiger partial charge on any atom is -0.399 e. The van der Waals surface area contributed by atoms with Gasteiger partial charge in [0, 0.05) is 6.42 Å². The molecule has 0 aliphatic carbocycles. The highest BCUT2D eigenvalue weighted by Gasteiger charge is 2.51. The Labute approximate surface area is 119 Å². The maximum Gasteiger partial charge on any atom is 0.494 e. The molecule has 2 rings (SSSR count). The van der Waals surface area contributed by atoms with Crippen molar-refractivity contribution >= 4 is 18.4 Å². The summed E-state index contributed by atoms with van der Waals surface area (Å²) < 4.78 is 25.5. The van der Waals surface area contributed by atoms with Crippen LogP contribution < -0.4 is 5.46 Å². The molecule has 1 heterocycles. The molecular weight excluding hydrogens is 258 g/mol. The first-order valence-corrected chi connectivity index (χ1v) is 6.75. The Kier molecular flexibility index (Phi) is 3.78. The van der Waals surface area contributed by atoms with Crippen LogP contribution in [-0.4, -0.2) is 24.1 Å². The Morgan fingerprint density at radius 1 is 1.15 bits per heavy atom. The summed E-state index contributed by atoms with van der Waals surface area (Å²) in [6.07, 6.45) is 0.213. The fraction of sp³-hybridized carbons (Fsp3) is 0.533. The predicted molar refractivity (Wildman–Crippen MR) is 76.5 cm³/mol. The van der Waals surface area contributed by atoms with Gasteiger partial charge in [-0.05, 0) is 57.8 Å². The van der Waals surface area contributed by atoms with Gasteiger partial charge < -0.3 is 9.31 Å². The fourth-order valence-corrected chi connectivity index (χ4v) is 2.18. The average Bonchev–Trinajstić information content (AvgIpc) is 2.46. The van der Waals surface area contributed by atoms with Crippen LogP contribution in [0.3, 0.4) is 0 Å². The topological polar surface area (TPSA) is 35.5 Å². The molecule has 20 heavy (non-hydrogen) atoms. The largest absolute Gasteiger partial charge is 0.494 e. The highest BCUT2D eigenvalue weighted by atomic mass is 19.1. The molecule has 1 saturated heterocycles. The van der Waals surface area contributed by atoms with Crippen LogP contribution in [0.1, 0.15) is 40.2 Å². The second kappa shape index (κ2) is 4.97. The maximum absolute atomic E-state index is 13.7. The number of rotatable bonds is 3. The lowest BCUT2D eigenvalue weighted by Gasteiger charge is -2.32. The van der Waals surface area contributed by atoms with E-state index in [0.717, 1.165) is 0 Å². The second-order valence-electron chi connectivity index (χ2n) is 6.36. The van der Waals surface area contributed by atoms with Crippen LogP contribution in [0.4, 0.5) is 4.39 Å². The predicted octanol–water partition coefficient (Wildman–Crippen LogP) is 2.26. The van der Waals surface area contributed by atoms with Crippen molar-refractivity contribution in [2.45, 2.75) is 52.2 Å². The summed E-state index contributed by atoms with van der Waals surface area (Å²) in [4.78, 5) is 11.2. The smallest absolute Gasteiger partial charge is 0.399 e. The molecular formula is C15H20BFO3. The van der Waals surface area contributed by atoms with Crippen molar-refractivity contribution in [2.24, 2.45) is 0 Å². The van der Waals surface area contributed by atoms with Crippen LogP contribution in [0.15, 0.2) is 18.2 Å². The number of Topliss-reactive ketones (excluding diaryl/α,β-unsaturated/α-hetero) is 1. The van der Waals surface area contributed by atoms with Gasteiger partial charge in [-0.3, -0.25) is 4.79 Å². The van der Waals surface area contributed by atoms with Crippen LogP contribution in [0.5, 0.6) is 0 Å². The van der Waals surface area contributed by atoms with Crippen LogP contribution in [0.25, 0.3) is 0 Å². The molecule has 0 spiro atoms. The number of carbonyl (C=O) groups is 1. The monoisotopic (exact) mass is 278 g/mol. The summed E-state index contributed by atoms with van der Waals surface area (Å²) in [7, 11) is -0.610. The molecule has 3 nitrogen and oxygen atoms in total. The van der Waals surface area contributed by atoms with E-state index < -0.39 is 18.3 Å². The summed E-state index contributed by atoms with van der Waals surface area (Å²) in [5.41, 5.74) is 0.317. The molecule has 108 valence electrons. The third-order valence-electron chi connectivity index (χ3n) is 3.96. The van der Waals surface area contributed by atoms with Gasteiger partial charge in [0.2, 0.25) is 0 Å². The summed E-state index contributed by atoms with van der Waals surface area (Å²) >= 11 is 0. The average molecular weight is 278 g/mol. The Morgan fingerprint density at radius 3 is 2.20 bits per heavy atom. The van der Waals surface area contributed by atoms with Crippen molar-refractivity contribution in [3.63, 3.8) is 0 Å². The highest BCUT2D eigenvalue weighted by Crippen LogP contribution is 2.36. The number of carbonyl (C=O) groups excluding carboxylic acids is 1. The molecule has 0 amide bonds. The number of benzene rings is 1. The van der Waals surface area contributed by atoms with Gasteiger partial charge in [0.1, 0.15) is 11.6 Å². The van der Waals surface area contributed by atoms with E-state index in [1.165, 1.54) is 19.1 Å². The summed E-state index contributed by atoms with van der Waals surface area (Å²) in [5, 5.41) is 0. The van der Waals surface area contributed by atoms with Gasteiger partial charge in [0.25, 0.3) is 0 Å². The first kappa shape index (κ1) is 15.2. The minimum atomic E-state index is -0.610. The zero-order chi connectivity index (χ0) is 15.1. The van der Waals surface area contributed by atoms with E-state index in [2.05, 4.69) is 0 Å². The number of hydrogen-bond donors (Lipinski definition) is 0. The molecule has 0 unspecified atom stereocenters. The lowest BCUT2D eigenvalue weighted by atomic mass is 9.78. The lowest BCUT2D eigenvalue weighted by molar-refractivity contribution is -0.116. The van der Waals surface area contributed by atoms with Crippen molar-refractivity contribution < 1.29 is 18.5 Å². The molecule has 0 N–H and O–H groups in total. The molecule has 1 aliphatic heterocycles. The number of hydrogen-bond acceptors (Lipinski definition) is 3. The quantitative estimate of drug-likeness (QED) is 0.795. The van der Waals surface area contributed by atoms with E-state index in [1.807, 2.05) is 27.7 Å². The standard InChI is InChI=1S/C15H20BFO3/c1-10(18)6-11-7-12(9-13(17)8-11)16-19-14(2,3)15(4,5)20-16/h7-9H,6H2,1-5H3. The van der Waals surface area contributed by atoms with E-state index in [1.54, 1.807) is 6.07 Å². The van der Waals surface area contributed by atoms with Crippen molar-refractivity contribution in [2.75, 3.05) is 0 Å². The van der Waals surface area contributed by atoms with E-state index in [-0.39, 0.29) is 18.0 Å². The van der Waals surface area contributed by atoms with Gasteiger partial charge in [-0.25, -0.2) is 4.39 Å². The first-order chi connectivity index (χ1) is 9.10. The third-order valence-corrected chi connectivity index (χ3v) is 3.96.